The molecular formula is C11H14BrN3O3. The lowest BCUT2D eigenvalue weighted by atomic mass is 9.94. The van der Waals surface area contributed by atoms with Crippen LogP contribution in [-0.4, -0.2) is 28.2 Å². The van der Waals surface area contributed by atoms with Gasteiger partial charge in [-0.3, -0.25) is 15.1 Å². The third-order valence-corrected chi connectivity index (χ3v) is 3.97. The second kappa shape index (κ2) is 4.81. The summed E-state index contributed by atoms with van der Waals surface area (Å²) in [6.07, 6.45) is 3.59. The molecule has 6 nitrogen and oxygen atoms in total. The molecule has 1 aromatic rings. The van der Waals surface area contributed by atoms with Gasteiger partial charge < -0.3 is 10.1 Å². The Balaban J connectivity index is 2.37. The summed E-state index contributed by atoms with van der Waals surface area (Å²) in [6.45, 7) is 4.61. The van der Waals surface area contributed by atoms with Crippen LogP contribution < -0.4 is 5.32 Å². The molecule has 7 heteroatoms. The van der Waals surface area contributed by atoms with Crippen molar-refractivity contribution in [3.63, 3.8) is 0 Å². The lowest BCUT2D eigenvalue weighted by molar-refractivity contribution is -0.384. The van der Waals surface area contributed by atoms with E-state index in [-0.39, 0.29) is 17.3 Å². The quantitative estimate of drug-likeness (QED) is 0.685. The SMILES string of the molecule is CC1OCCC1(C)Nc1c(Br)cncc1[N+](=O)[O-]. The number of halogens is 1. The van der Waals surface area contributed by atoms with Gasteiger partial charge in [0.05, 0.1) is 21.0 Å². The zero-order valence-corrected chi connectivity index (χ0v) is 11.7. The molecule has 2 rings (SSSR count). The third kappa shape index (κ3) is 2.32. The van der Waals surface area contributed by atoms with Crippen LogP contribution >= 0.6 is 15.9 Å². The van der Waals surface area contributed by atoms with Gasteiger partial charge in [-0.25, -0.2) is 0 Å². The standard InChI is InChI=1S/C11H14BrN3O3/c1-7-11(2,3-4-18-7)14-10-8(12)5-13-6-9(10)15(16)17/h5-7H,3-4H2,1-2H3,(H,13,14). The van der Waals surface area contributed by atoms with Crippen molar-refractivity contribution in [1.82, 2.24) is 4.98 Å². The largest absolute Gasteiger partial charge is 0.376 e. The molecule has 18 heavy (non-hydrogen) atoms. The number of hydrogen-bond acceptors (Lipinski definition) is 5. The Morgan fingerprint density at radius 2 is 2.39 bits per heavy atom. The minimum Gasteiger partial charge on any atom is -0.376 e. The van der Waals surface area contributed by atoms with Gasteiger partial charge in [0.25, 0.3) is 0 Å². The van der Waals surface area contributed by atoms with E-state index in [2.05, 4.69) is 26.2 Å². The number of pyridine rings is 1. The van der Waals surface area contributed by atoms with Crippen LogP contribution in [0.2, 0.25) is 0 Å². The van der Waals surface area contributed by atoms with Crippen molar-refractivity contribution < 1.29 is 9.66 Å². The average molecular weight is 316 g/mol. The van der Waals surface area contributed by atoms with Gasteiger partial charge in [0, 0.05) is 12.8 Å². The van der Waals surface area contributed by atoms with E-state index in [4.69, 9.17) is 4.74 Å². The van der Waals surface area contributed by atoms with Crippen molar-refractivity contribution >= 4 is 27.3 Å². The molecule has 0 amide bonds. The zero-order chi connectivity index (χ0) is 13.3. The number of nitrogens with zero attached hydrogens (tertiary/aromatic N) is 2. The monoisotopic (exact) mass is 315 g/mol. The first-order valence-electron chi connectivity index (χ1n) is 5.62. The predicted molar refractivity (Wildman–Crippen MR) is 70.7 cm³/mol. The average Bonchev–Trinajstić information content (AvgIpc) is 2.62. The molecule has 2 heterocycles. The summed E-state index contributed by atoms with van der Waals surface area (Å²) in [6, 6.07) is 0. The number of ether oxygens (including phenoxy) is 1. The Morgan fingerprint density at radius 1 is 1.67 bits per heavy atom. The summed E-state index contributed by atoms with van der Waals surface area (Å²) in [5, 5.41) is 14.2. The maximum absolute atomic E-state index is 11.0. The van der Waals surface area contributed by atoms with E-state index in [0.29, 0.717) is 16.8 Å². The van der Waals surface area contributed by atoms with Crippen molar-refractivity contribution in [2.45, 2.75) is 31.9 Å². The zero-order valence-electron chi connectivity index (χ0n) is 10.1. The maximum Gasteiger partial charge on any atom is 0.311 e. The third-order valence-electron chi connectivity index (χ3n) is 3.37. The molecule has 2 unspecified atom stereocenters. The van der Waals surface area contributed by atoms with Crippen LogP contribution in [0.4, 0.5) is 11.4 Å². The van der Waals surface area contributed by atoms with Gasteiger partial charge in [-0.1, -0.05) is 0 Å². The number of nitro groups is 1. The van der Waals surface area contributed by atoms with E-state index in [1.165, 1.54) is 6.20 Å². The van der Waals surface area contributed by atoms with Crippen molar-refractivity contribution in [3.05, 3.63) is 27.0 Å². The summed E-state index contributed by atoms with van der Waals surface area (Å²) in [5.41, 5.74) is 0.105. The Labute approximate surface area is 113 Å². The summed E-state index contributed by atoms with van der Waals surface area (Å²) in [5.74, 6) is 0. The first-order chi connectivity index (χ1) is 8.44. The van der Waals surface area contributed by atoms with Gasteiger partial charge in [0.2, 0.25) is 0 Å². The maximum atomic E-state index is 11.0. The molecule has 1 fully saturated rings. The summed E-state index contributed by atoms with van der Waals surface area (Å²) in [4.78, 5) is 14.4. The lowest BCUT2D eigenvalue weighted by Gasteiger charge is -2.30. The van der Waals surface area contributed by atoms with E-state index < -0.39 is 4.92 Å². The van der Waals surface area contributed by atoms with Crippen molar-refractivity contribution in [1.29, 1.82) is 0 Å². The smallest absolute Gasteiger partial charge is 0.311 e. The van der Waals surface area contributed by atoms with Crippen molar-refractivity contribution in [2.75, 3.05) is 11.9 Å². The summed E-state index contributed by atoms with van der Waals surface area (Å²) >= 11 is 3.30. The number of aromatic nitrogens is 1. The van der Waals surface area contributed by atoms with Gasteiger partial charge in [-0.2, -0.15) is 0 Å². The molecule has 0 radical (unpaired) electrons. The molecule has 0 aromatic carbocycles. The van der Waals surface area contributed by atoms with E-state index in [0.717, 1.165) is 6.42 Å². The Kier molecular flexibility index (Phi) is 3.54. The van der Waals surface area contributed by atoms with E-state index in [1.54, 1.807) is 6.20 Å². The Hall–Kier alpha value is -1.21. The second-order valence-corrected chi connectivity index (χ2v) is 5.43. The van der Waals surface area contributed by atoms with Gasteiger partial charge in [0.1, 0.15) is 11.9 Å². The lowest BCUT2D eigenvalue weighted by Crippen LogP contribution is -2.41. The van der Waals surface area contributed by atoms with Gasteiger partial charge in [0.15, 0.2) is 0 Å². The number of nitrogens with one attached hydrogen (secondary N) is 1. The topological polar surface area (TPSA) is 77.3 Å². The highest BCUT2D eigenvalue weighted by Crippen LogP contribution is 2.37. The highest BCUT2D eigenvalue weighted by molar-refractivity contribution is 9.10. The normalized spacial score (nSPS) is 27.2. The van der Waals surface area contributed by atoms with Crippen LogP contribution in [0.1, 0.15) is 20.3 Å². The van der Waals surface area contributed by atoms with Crippen LogP contribution in [0.5, 0.6) is 0 Å². The Morgan fingerprint density at radius 3 is 2.94 bits per heavy atom. The molecule has 0 spiro atoms. The minimum atomic E-state index is -0.441. The van der Waals surface area contributed by atoms with Crippen LogP contribution in [0.25, 0.3) is 0 Å². The molecule has 1 N–H and O–H groups in total. The molecule has 98 valence electrons. The predicted octanol–water partition coefficient (Wildman–Crippen LogP) is 2.73. The van der Waals surface area contributed by atoms with Crippen molar-refractivity contribution in [2.24, 2.45) is 0 Å². The van der Waals surface area contributed by atoms with Crippen molar-refractivity contribution in [3.8, 4) is 0 Å². The first kappa shape index (κ1) is 13.2. The van der Waals surface area contributed by atoms with E-state index in [1.807, 2.05) is 13.8 Å². The number of rotatable bonds is 3. The number of hydrogen-bond donors (Lipinski definition) is 1. The van der Waals surface area contributed by atoms with Gasteiger partial charge in [-0.15, -0.1) is 0 Å². The van der Waals surface area contributed by atoms with Crippen LogP contribution in [0.15, 0.2) is 16.9 Å². The highest BCUT2D eigenvalue weighted by atomic mass is 79.9. The highest BCUT2D eigenvalue weighted by Gasteiger charge is 2.38. The van der Waals surface area contributed by atoms with Crippen LogP contribution in [-0.2, 0) is 4.74 Å². The van der Waals surface area contributed by atoms with Gasteiger partial charge in [-0.05, 0) is 36.2 Å². The molecule has 2 atom stereocenters. The molecular weight excluding hydrogens is 302 g/mol. The molecule has 1 saturated heterocycles. The molecule has 1 aliphatic rings. The fourth-order valence-corrected chi connectivity index (χ4v) is 2.39. The van der Waals surface area contributed by atoms with E-state index in [9.17, 15) is 10.1 Å². The summed E-state index contributed by atoms with van der Waals surface area (Å²) < 4.78 is 6.10. The minimum absolute atomic E-state index is 0.00262. The second-order valence-electron chi connectivity index (χ2n) is 4.58. The fraction of sp³-hybridized carbons (Fsp3) is 0.545. The van der Waals surface area contributed by atoms with E-state index >= 15 is 0 Å². The Bertz CT molecular complexity index is 483. The molecule has 1 aromatic heterocycles. The number of anilines is 1. The van der Waals surface area contributed by atoms with Gasteiger partial charge >= 0.3 is 5.69 Å². The molecule has 0 aliphatic carbocycles. The first-order valence-corrected chi connectivity index (χ1v) is 6.41. The fourth-order valence-electron chi connectivity index (χ4n) is 1.97. The molecule has 0 saturated carbocycles. The summed E-state index contributed by atoms with van der Waals surface area (Å²) in [7, 11) is 0. The van der Waals surface area contributed by atoms with Crippen LogP contribution in [0.3, 0.4) is 0 Å². The van der Waals surface area contributed by atoms with Crippen LogP contribution in [0, 0.1) is 10.1 Å². The molecule has 0 bridgehead atoms. The molecule has 1 aliphatic heterocycles.